The highest BCUT2D eigenvalue weighted by atomic mass is 16.5. The second-order valence-corrected chi connectivity index (χ2v) is 3.68. The van der Waals surface area contributed by atoms with Crippen molar-refractivity contribution >= 4 is 23.1 Å². The molecule has 0 amide bonds. The summed E-state index contributed by atoms with van der Waals surface area (Å²) in [5, 5.41) is 0. The van der Waals surface area contributed by atoms with Crippen molar-refractivity contribution in [3.05, 3.63) is 23.8 Å². The molecule has 1 atom stereocenters. The average Bonchev–Trinajstić information content (AvgIpc) is 2.21. The third-order valence-corrected chi connectivity index (χ3v) is 2.35. The lowest BCUT2D eigenvalue weighted by atomic mass is 9.94. The van der Waals surface area contributed by atoms with Crippen molar-refractivity contribution < 1.29 is 14.3 Å². The highest BCUT2D eigenvalue weighted by Gasteiger charge is 2.28. The van der Waals surface area contributed by atoms with E-state index in [1.165, 1.54) is 13.0 Å². The minimum Gasteiger partial charge on any atom is -0.465 e. The van der Waals surface area contributed by atoms with E-state index in [4.69, 9.17) is 16.2 Å². The van der Waals surface area contributed by atoms with Gasteiger partial charge in [0.25, 0.3) is 0 Å². The summed E-state index contributed by atoms with van der Waals surface area (Å²) >= 11 is 0. The zero-order valence-electron chi connectivity index (χ0n) is 9.90. The second kappa shape index (κ2) is 5.34. The predicted octanol–water partition coefficient (Wildman–Crippen LogP) is 1.09. The average molecular weight is 236 g/mol. The van der Waals surface area contributed by atoms with Gasteiger partial charge in [-0.15, -0.1) is 0 Å². The zero-order valence-corrected chi connectivity index (χ0v) is 9.90. The van der Waals surface area contributed by atoms with Crippen LogP contribution in [0, 0.1) is 0 Å². The fraction of sp³-hybridized carbons (Fsp3) is 0.333. The summed E-state index contributed by atoms with van der Waals surface area (Å²) < 4.78 is 4.86. The Balaban J connectivity index is 3.14. The lowest BCUT2D eigenvalue weighted by Gasteiger charge is -2.15. The van der Waals surface area contributed by atoms with E-state index >= 15 is 0 Å². The molecular weight excluding hydrogens is 220 g/mol. The third kappa shape index (κ3) is 2.96. The highest BCUT2D eigenvalue weighted by Crippen LogP contribution is 2.26. The van der Waals surface area contributed by atoms with Crippen LogP contribution in [0.5, 0.6) is 0 Å². The SMILES string of the molecule is CCOC(=O)C(C(C)=O)c1ccc(N)cc1N. The topological polar surface area (TPSA) is 95.4 Å². The van der Waals surface area contributed by atoms with Crippen molar-refractivity contribution in [2.75, 3.05) is 18.1 Å². The Bertz CT molecular complexity index is 443. The summed E-state index contributed by atoms with van der Waals surface area (Å²) in [6.07, 6.45) is 0. The van der Waals surface area contributed by atoms with Gasteiger partial charge in [-0.05, 0) is 31.5 Å². The number of rotatable bonds is 4. The van der Waals surface area contributed by atoms with E-state index in [-0.39, 0.29) is 12.4 Å². The molecule has 0 aromatic heterocycles. The number of anilines is 2. The Morgan fingerprint density at radius 1 is 1.35 bits per heavy atom. The summed E-state index contributed by atoms with van der Waals surface area (Å²) in [4.78, 5) is 23.2. The molecule has 1 aromatic carbocycles. The van der Waals surface area contributed by atoms with Gasteiger partial charge < -0.3 is 16.2 Å². The Morgan fingerprint density at radius 3 is 2.47 bits per heavy atom. The van der Waals surface area contributed by atoms with E-state index in [0.29, 0.717) is 16.9 Å². The number of carbonyl (C=O) groups excluding carboxylic acids is 2. The van der Waals surface area contributed by atoms with E-state index < -0.39 is 11.9 Å². The fourth-order valence-electron chi connectivity index (χ4n) is 1.59. The van der Waals surface area contributed by atoms with Crippen LogP contribution < -0.4 is 11.5 Å². The molecule has 0 aliphatic rings. The number of carbonyl (C=O) groups is 2. The molecule has 1 aromatic rings. The van der Waals surface area contributed by atoms with Crippen LogP contribution in [0.1, 0.15) is 25.3 Å². The molecule has 5 nitrogen and oxygen atoms in total. The van der Waals surface area contributed by atoms with Gasteiger partial charge in [0, 0.05) is 11.4 Å². The number of Topliss-reactive ketones (excluding diaryl/α,β-unsaturated/α-hetero) is 1. The van der Waals surface area contributed by atoms with Gasteiger partial charge in [0.05, 0.1) is 6.61 Å². The smallest absolute Gasteiger partial charge is 0.321 e. The normalized spacial score (nSPS) is 11.9. The molecule has 1 rings (SSSR count). The van der Waals surface area contributed by atoms with E-state index in [0.717, 1.165) is 0 Å². The molecule has 0 bridgehead atoms. The molecule has 4 N–H and O–H groups in total. The van der Waals surface area contributed by atoms with Gasteiger partial charge in [-0.25, -0.2) is 0 Å². The summed E-state index contributed by atoms with van der Waals surface area (Å²) in [5.41, 5.74) is 12.5. The monoisotopic (exact) mass is 236 g/mol. The van der Waals surface area contributed by atoms with E-state index in [2.05, 4.69) is 0 Å². The van der Waals surface area contributed by atoms with Gasteiger partial charge >= 0.3 is 5.97 Å². The molecule has 0 radical (unpaired) electrons. The maximum absolute atomic E-state index is 11.7. The molecule has 0 fully saturated rings. The molecule has 0 aliphatic heterocycles. The summed E-state index contributed by atoms with van der Waals surface area (Å²) in [6.45, 7) is 3.23. The number of esters is 1. The molecule has 0 saturated carbocycles. The van der Waals surface area contributed by atoms with Gasteiger partial charge in [0.15, 0.2) is 0 Å². The highest BCUT2D eigenvalue weighted by molar-refractivity contribution is 6.04. The third-order valence-electron chi connectivity index (χ3n) is 2.35. The fourth-order valence-corrected chi connectivity index (χ4v) is 1.59. The summed E-state index contributed by atoms with van der Waals surface area (Å²) in [5.74, 6) is -1.87. The van der Waals surface area contributed by atoms with Gasteiger partial charge in [-0.3, -0.25) is 9.59 Å². The first-order chi connectivity index (χ1) is 7.97. The number of nitrogens with two attached hydrogens (primary N) is 2. The molecular formula is C12H16N2O3. The Morgan fingerprint density at radius 2 is 2.00 bits per heavy atom. The van der Waals surface area contributed by atoms with Gasteiger partial charge in [0.2, 0.25) is 0 Å². The van der Waals surface area contributed by atoms with E-state index in [1.54, 1.807) is 19.1 Å². The van der Waals surface area contributed by atoms with Crippen LogP contribution in [-0.4, -0.2) is 18.4 Å². The van der Waals surface area contributed by atoms with Crippen molar-refractivity contribution in [3.63, 3.8) is 0 Å². The van der Waals surface area contributed by atoms with E-state index in [1.807, 2.05) is 0 Å². The number of benzene rings is 1. The number of ether oxygens (including phenoxy) is 1. The van der Waals surface area contributed by atoms with Crippen LogP contribution in [0.4, 0.5) is 11.4 Å². The number of hydrogen-bond donors (Lipinski definition) is 2. The molecule has 0 saturated heterocycles. The Kier molecular flexibility index (Phi) is 4.09. The van der Waals surface area contributed by atoms with Gasteiger partial charge in [-0.1, -0.05) is 6.07 Å². The number of hydrogen-bond acceptors (Lipinski definition) is 5. The standard InChI is InChI=1S/C12H16N2O3/c1-3-17-12(16)11(7(2)15)9-5-4-8(13)6-10(9)14/h4-6,11H,3,13-14H2,1-2H3. The van der Waals surface area contributed by atoms with Crippen LogP contribution in [-0.2, 0) is 14.3 Å². The van der Waals surface area contributed by atoms with Crippen molar-refractivity contribution in [3.8, 4) is 0 Å². The molecule has 5 heteroatoms. The van der Waals surface area contributed by atoms with Crippen LogP contribution in [0.3, 0.4) is 0 Å². The summed E-state index contributed by atoms with van der Waals surface area (Å²) in [6, 6.07) is 4.69. The molecule has 1 unspecified atom stereocenters. The lowest BCUT2D eigenvalue weighted by Crippen LogP contribution is -2.23. The minimum absolute atomic E-state index is 0.220. The molecule has 0 aliphatic carbocycles. The quantitative estimate of drug-likeness (QED) is 0.463. The first kappa shape index (κ1) is 13.0. The second-order valence-electron chi connectivity index (χ2n) is 3.68. The summed E-state index contributed by atoms with van der Waals surface area (Å²) in [7, 11) is 0. The maximum Gasteiger partial charge on any atom is 0.321 e. The predicted molar refractivity (Wildman–Crippen MR) is 65.3 cm³/mol. The first-order valence-corrected chi connectivity index (χ1v) is 5.29. The molecule has 17 heavy (non-hydrogen) atoms. The van der Waals surface area contributed by atoms with E-state index in [9.17, 15) is 9.59 Å². The van der Waals surface area contributed by atoms with Crippen LogP contribution >= 0.6 is 0 Å². The minimum atomic E-state index is -0.976. The molecule has 0 spiro atoms. The Hall–Kier alpha value is -2.04. The van der Waals surface area contributed by atoms with Crippen molar-refractivity contribution in [2.24, 2.45) is 0 Å². The van der Waals surface area contributed by atoms with Gasteiger partial charge in [-0.2, -0.15) is 0 Å². The van der Waals surface area contributed by atoms with Gasteiger partial charge in [0.1, 0.15) is 11.7 Å². The molecule has 92 valence electrons. The largest absolute Gasteiger partial charge is 0.465 e. The van der Waals surface area contributed by atoms with Crippen LogP contribution in [0.15, 0.2) is 18.2 Å². The van der Waals surface area contributed by atoms with Crippen molar-refractivity contribution in [2.45, 2.75) is 19.8 Å². The molecule has 0 heterocycles. The van der Waals surface area contributed by atoms with Crippen molar-refractivity contribution in [1.29, 1.82) is 0 Å². The number of nitrogen functional groups attached to an aromatic ring is 2. The van der Waals surface area contributed by atoms with Crippen molar-refractivity contribution in [1.82, 2.24) is 0 Å². The van der Waals surface area contributed by atoms with Crippen LogP contribution in [0.25, 0.3) is 0 Å². The van der Waals surface area contributed by atoms with Crippen LogP contribution in [0.2, 0.25) is 0 Å². The maximum atomic E-state index is 11.7. The number of ketones is 1. The Labute approximate surface area is 99.7 Å². The first-order valence-electron chi connectivity index (χ1n) is 5.29. The lowest BCUT2D eigenvalue weighted by molar-refractivity contribution is -0.147. The zero-order chi connectivity index (χ0) is 13.0.